The maximum Gasteiger partial charge on any atom is 0.120 e. The number of aryl methyl sites for hydroxylation is 2. The molecule has 0 radical (unpaired) electrons. The molecule has 1 unspecified atom stereocenters. The second-order valence-electron chi connectivity index (χ2n) is 3.81. The number of hydrogen-bond donors (Lipinski definition) is 1. The standard InChI is InChI=1S/C12H19NO/c1-9-5-10(2)7-12(6-9)14-11(3)8-13-4/h5-7,11,13H,8H2,1-4H3. The summed E-state index contributed by atoms with van der Waals surface area (Å²) in [5, 5.41) is 3.09. The molecule has 1 rings (SSSR count). The molecule has 0 saturated carbocycles. The molecular weight excluding hydrogens is 174 g/mol. The molecule has 78 valence electrons. The van der Waals surface area contributed by atoms with Crippen molar-refractivity contribution in [3.05, 3.63) is 29.3 Å². The predicted octanol–water partition coefficient (Wildman–Crippen LogP) is 2.29. The quantitative estimate of drug-likeness (QED) is 0.792. The van der Waals surface area contributed by atoms with E-state index >= 15 is 0 Å². The van der Waals surface area contributed by atoms with E-state index in [1.165, 1.54) is 11.1 Å². The van der Waals surface area contributed by atoms with Crippen molar-refractivity contribution < 1.29 is 4.74 Å². The number of nitrogens with one attached hydrogen (secondary N) is 1. The first kappa shape index (κ1) is 11.1. The van der Waals surface area contributed by atoms with Crippen molar-refractivity contribution in [3.63, 3.8) is 0 Å². The van der Waals surface area contributed by atoms with Gasteiger partial charge in [-0.15, -0.1) is 0 Å². The molecule has 0 bridgehead atoms. The van der Waals surface area contributed by atoms with Gasteiger partial charge in [-0.2, -0.15) is 0 Å². The summed E-state index contributed by atoms with van der Waals surface area (Å²) in [4.78, 5) is 0. The van der Waals surface area contributed by atoms with Crippen molar-refractivity contribution in [2.45, 2.75) is 26.9 Å². The molecule has 0 aliphatic rings. The Balaban J connectivity index is 2.66. The molecule has 0 fully saturated rings. The smallest absolute Gasteiger partial charge is 0.120 e. The minimum absolute atomic E-state index is 0.209. The van der Waals surface area contributed by atoms with Crippen molar-refractivity contribution in [2.75, 3.05) is 13.6 Å². The highest BCUT2D eigenvalue weighted by molar-refractivity contribution is 5.33. The first-order chi connectivity index (χ1) is 6.61. The van der Waals surface area contributed by atoms with E-state index < -0.39 is 0 Å². The summed E-state index contributed by atoms with van der Waals surface area (Å²) in [6, 6.07) is 6.29. The SMILES string of the molecule is CNCC(C)Oc1cc(C)cc(C)c1. The first-order valence-corrected chi connectivity index (χ1v) is 5.01. The highest BCUT2D eigenvalue weighted by atomic mass is 16.5. The molecule has 0 saturated heterocycles. The van der Waals surface area contributed by atoms with Crippen molar-refractivity contribution in [1.29, 1.82) is 0 Å². The van der Waals surface area contributed by atoms with Crippen LogP contribution in [-0.4, -0.2) is 19.7 Å². The average molecular weight is 193 g/mol. The van der Waals surface area contributed by atoms with E-state index in [-0.39, 0.29) is 6.10 Å². The van der Waals surface area contributed by atoms with Gasteiger partial charge in [0.25, 0.3) is 0 Å². The zero-order valence-electron chi connectivity index (χ0n) is 9.42. The van der Waals surface area contributed by atoms with Crippen LogP contribution >= 0.6 is 0 Å². The van der Waals surface area contributed by atoms with Crippen molar-refractivity contribution in [2.24, 2.45) is 0 Å². The molecular formula is C12H19NO. The molecule has 14 heavy (non-hydrogen) atoms. The van der Waals surface area contributed by atoms with Crippen LogP contribution in [0.1, 0.15) is 18.1 Å². The van der Waals surface area contributed by atoms with Crippen molar-refractivity contribution in [1.82, 2.24) is 5.32 Å². The zero-order valence-corrected chi connectivity index (χ0v) is 9.42. The van der Waals surface area contributed by atoms with Gasteiger partial charge in [0.05, 0.1) is 0 Å². The van der Waals surface area contributed by atoms with Crippen LogP contribution in [0.2, 0.25) is 0 Å². The summed E-state index contributed by atoms with van der Waals surface area (Å²) < 4.78 is 5.75. The topological polar surface area (TPSA) is 21.3 Å². The van der Waals surface area contributed by atoms with Crippen LogP contribution in [0.25, 0.3) is 0 Å². The minimum atomic E-state index is 0.209. The molecule has 1 atom stereocenters. The van der Waals surface area contributed by atoms with E-state index in [4.69, 9.17) is 4.74 Å². The number of hydrogen-bond acceptors (Lipinski definition) is 2. The van der Waals surface area contributed by atoms with Gasteiger partial charge in [-0.1, -0.05) is 6.07 Å². The van der Waals surface area contributed by atoms with Crippen LogP contribution in [-0.2, 0) is 0 Å². The largest absolute Gasteiger partial charge is 0.489 e. The molecule has 2 nitrogen and oxygen atoms in total. The van der Waals surface area contributed by atoms with Gasteiger partial charge in [0.15, 0.2) is 0 Å². The van der Waals surface area contributed by atoms with Crippen LogP contribution in [0.3, 0.4) is 0 Å². The van der Waals surface area contributed by atoms with Gasteiger partial charge in [0.1, 0.15) is 11.9 Å². The van der Waals surface area contributed by atoms with E-state index in [9.17, 15) is 0 Å². The Labute approximate surface area is 86.3 Å². The summed E-state index contributed by atoms with van der Waals surface area (Å²) >= 11 is 0. The third-order valence-corrected chi connectivity index (χ3v) is 2.02. The van der Waals surface area contributed by atoms with Gasteiger partial charge < -0.3 is 10.1 Å². The summed E-state index contributed by atoms with van der Waals surface area (Å²) in [5.41, 5.74) is 2.49. The molecule has 1 aromatic carbocycles. The van der Waals surface area contributed by atoms with Gasteiger partial charge in [0.2, 0.25) is 0 Å². The maximum atomic E-state index is 5.75. The van der Waals surface area contributed by atoms with Crippen molar-refractivity contribution >= 4 is 0 Å². The molecule has 2 heteroatoms. The van der Waals surface area contributed by atoms with Crippen molar-refractivity contribution in [3.8, 4) is 5.75 Å². The van der Waals surface area contributed by atoms with Crippen LogP contribution in [0, 0.1) is 13.8 Å². The van der Waals surface area contributed by atoms with Crippen LogP contribution in [0.15, 0.2) is 18.2 Å². The number of rotatable bonds is 4. The van der Waals surface area contributed by atoms with E-state index in [1.807, 2.05) is 7.05 Å². The number of benzene rings is 1. The molecule has 0 aliphatic heterocycles. The lowest BCUT2D eigenvalue weighted by molar-refractivity contribution is 0.220. The van der Waals surface area contributed by atoms with Gasteiger partial charge in [-0.05, 0) is 51.1 Å². The van der Waals surface area contributed by atoms with Gasteiger partial charge >= 0.3 is 0 Å². The Kier molecular flexibility index (Phi) is 3.96. The lowest BCUT2D eigenvalue weighted by Gasteiger charge is -2.15. The Morgan fingerprint density at radius 2 is 1.79 bits per heavy atom. The normalized spacial score (nSPS) is 12.6. The van der Waals surface area contributed by atoms with Gasteiger partial charge in [-0.3, -0.25) is 0 Å². The summed E-state index contributed by atoms with van der Waals surface area (Å²) in [5.74, 6) is 0.963. The van der Waals surface area contributed by atoms with E-state index in [1.54, 1.807) is 0 Å². The van der Waals surface area contributed by atoms with E-state index in [0.717, 1.165) is 12.3 Å². The van der Waals surface area contributed by atoms with E-state index in [0.29, 0.717) is 0 Å². The summed E-state index contributed by atoms with van der Waals surface area (Å²) in [7, 11) is 1.93. The number of likely N-dealkylation sites (N-methyl/N-ethyl adjacent to an activating group) is 1. The third kappa shape index (κ3) is 3.38. The summed E-state index contributed by atoms with van der Waals surface area (Å²) in [6.45, 7) is 7.10. The highest BCUT2D eigenvalue weighted by Gasteiger charge is 2.03. The van der Waals surface area contributed by atoms with Gasteiger partial charge in [-0.25, -0.2) is 0 Å². The molecule has 0 aromatic heterocycles. The van der Waals surface area contributed by atoms with Crippen LogP contribution in [0.5, 0.6) is 5.75 Å². The lowest BCUT2D eigenvalue weighted by atomic mass is 10.1. The molecule has 0 aliphatic carbocycles. The minimum Gasteiger partial charge on any atom is -0.489 e. The Morgan fingerprint density at radius 1 is 1.21 bits per heavy atom. The van der Waals surface area contributed by atoms with Gasteiger partial charge in [0, 0.05) is 6.54 Å². The molecule has 0 spiro atoms. The van der Waals surface area contributed by atoms with E-state index in [2.05, 4.69) is 44.3 Å². The Hall–Kier alpha value is -1.02. The van der Waals surface area contributed by atoms with Crippen LogP contribution < -0.4 is 10.1 Å². The first-order valence-electron chi connectivity index (χ1n) is 5.01. The maximum absolute atomic E-state index is 5.75. The second-order valence-corrected chi connectivity index (χ2v) is 3.81. The monoisotopic (exact) mass is 193 g/mol. The Bertz CT molecular complexity index is 276. The highest BCUT2D eigenvalue weighted by Crippen LogP contribution is 2.17. The fourth-order valence-electron chi connectivity index (χ4n) is 1.56. The zero-order chi connectivity index (χ0) is 10.6. The Morgan fingerprint density at radius 3 is 2.29 bits per heavy atom. The molecule has 0 heterocycles. The average Bonchev–Trinajstić information content (AvgIpc) is 2.01. The fraction of sp³-hybridized carbons (Fsp3) is 0.500. The van der Waals surface area contributed by atoms with Crippen LogP contribution in [0.4, 0.5) is 0 Å². The molecule has 1 aromatic rings. The molecule has 0 amide bonds. The molecule has 1 N–H and O–H groups in total. The lowest BCUT2D eigenvalue weighted by Crippen LogP contribution is -2.26. The second kappa shape index (κ2) is 5.01. The number of ether oxygens (including phenoxy) is 1. The summed E-state index contributed by atoms with van der Waals surface area (Å²) in [6.07, 6.45) is 0.209. The third-order valence-electron chi connectivity index (χ3n) is 2.02. The fourth-order valence-corrected chi connectivity index (χ4v) is 1.56. The predicted molar refractivity (Wildman–Crippen MR) is 59.9 cm³/mol.